The number of nitrogens with one attached hydrogen (secondary N) is 1. The van der Waals surface area contributed by atoms with E-state index < -0.39 is 0 Å². The second-order valence-electron chi connectivity index (χ2n) is 4.36. The summed E-state index contributed by atoms with van der Waals surface area (Å²) in [4.78, 5) is 4.29. The molecule has 0 saturated carbocycles. The van der Waals surface area contributed by atoms with Crippen molar-refractivity contribution in [2.24, 2.45) is 0 Å². The third-order valence-electron chi connectivity index (χ3n) is 3.00. The minimum Gasteiger partial charge on any atom is -0.369 e. The van der Waals surface area contributed by atoms with Crippen LogP contribution in [0.25, 0.3) is 0 Å². The third kappa shape index (κ3) is 3.57. The van der Waals surface area contributed by atoms with Crippen molar-refractivity contribution in [3.8, 4) is 0 Å². The Balaban J connectivity index is 1.84. The predicted molar refractivity (Wildman–Crippen MR) is 79.9 cm³/mol. The summed E-state index contributed by atoms with van der Waals surface area (Å²) in [6.07, 6.45) is 2.89. The van der Waals surface area contributed by atoms with Crippen LogP contribution in [0, 0.1) is 0 Å². The van der Waals surface area contributed by atoms with E-state index in [0.29, 0.717) is 5.92 Å². The Hall–Kier alpha value is -1.35. The zero-order chi connectivity index (χ0) is 12.8. The highest BCUT2D eigenvalue weighted by molar-refractivity contribution is 9.10. The molecule has 1 aromatic heterocycles. The van der Waals surface area contributed by atoms with Gasteiger partial charge in [0.2, 0.25) is 0 Å². The van der Waals surface area contributed by atoms with Gasteiger partial charge >= 0.3 is 0 Å². The van der Waals surface area contributed by atoms with Crippen LogP contribution < -0.4 is 5.32 Å². The van der Waals surface area contributed by atoms with Gasteiger partial charge in [-0.2, -0.15) is 0 Å². The first-order valence-corrected chi connectivity index (χ1v) is 6.96. The van der Waals surface area contributed by atoms with Gasteiger partial charge in [-0.15, -0.1) is 0 Å². The third-order valence-corrected chi connectivity index (χ3v) is 3.64. The highest BCUT2D eigenvalue weighted by Crippen LogP contribution is 2.21. The molecule has 1 unspecified atom stereocenters. The molecular formula is C15H17BrN2. The highest BCUT2D eigenvalue weighted by atomic mass is 79.9. The maximum Gasteiger partial charge on any atom is 0.140 e. The minimum absolute atomic E-state index is 0.557. The molecule has 2 rings (SSSR count). The molecule has 94 valence electrons. The van der Waals surface area contributed by atoms with Crippen LogP contribution in [0.15, 0.2) is 53.1 Å². The lowest BCUT2D eigenvalue weighted by atomic mass is 9.98. The van der Waals surface area contributed by atoms with Crippen LogP contribution in [0.3, 0.4) is 0 Å². The molecule has 18 heavy (non-hydrogen) atoms. The van der Waals surface area contributed by atoms with Crippen molar-refractivity contribution in [3.05, 3.63) is 58.7 Å². The van der Waals surface area contributed by atoms with E-state index in [2.05, 4.69) is 63.5 Å². The number of halogens is 1. The monoisotopic (exact) mass is 304 g/mol. The van der Waals surface area contributed by atoms with E-state index in [9.17, 15) is 0 Å². The van der Waals surface area contributed by atoms with Gasteiger partial charge in [-0.05, 0) is 46.0 Å². The van der Waals surface area contributed by atoms with Crippen LogP contribution in [0.2, 0.25) is 0 Å². The molecule has 0 aliphatic carbocycles. The molecule has 0 saturated heterocycles. The summed E-state index contributed by atoms with van der Waals surface area (Å²) in [5.41, 5.74) is 1.39. The van der Waals surface area contributed by atoms with E-state index in [-0.39, 0.29) is 0 Å². The quantitative estimate of drug-likeness (QED) is 0.882. The summed E-state index contributed by atoms with van der Waals surface area (Å²) in [5, 5.41) is 3.36. The van der Waals surface area contributed by atoms with Crippen LogP contribution in [-0.2, 0) is 0 Å². The van der Waals surface area contributed by atoms with Crippen LogP contribution in [0.4, 0.5) is 5.82 Å². The molecule has 1 N–H and O–H groups in total. The molecule has 0 amide bonds. The Labute approximate surface area is 117 Å². The second-order valence-corrected chi connectivity index (χ2v) is 5.22. The zero-order valence-corrected chi connectivity index (χ0v) is 12.0. The zero-order valence-electron chi connectivity index (χ0n) is 10.4. The van der Waals surface area contributed by atoms with Crippen molar-refractivity contribution in [1.29, 1.82) is 0 Å². The van der Waals surface area contributed by atoms with Gasteiger partial charge in [0, 0.05) is 12.7 Å². The molecule has 0 fully saturated rings. The van der Waals surface area contributed by atoms with Crippen molar-refractivity contribution in [1.82, 2.24) is 4.98 Å². The summed E-state index contributed by atoms with van der Waals surface area (Å²) in [6.45, 7) is 3.18. The fourth-order valence-corrected chi connectivity index (χ4v) is 2.27. The molecule has 1 atom stereocenters. The largest absolute Gasteiger partial charge is 0.369 e. The van der Waals surface area contributed by atoms with E-state index in [0.717, 1.165) is 23.3 Å². The Kier molecular flexibility index (Phi) is 4.76. The summed E-state index contributed by atoms with van der Waals surface area (Å²) in [6, 6.07) is 14.5. The van der Waals surface area contributed by atoms with Crippen molar-refractivity contribution in [3.63, 3.8) is 0 Å². The lowest BCUT2D eigenvalue weighted by Gasteiger charge is -2.13. The van der Waals surface area contributed by atoms with E-state index in [1.165, 1.54) is 5.56 Å². The van der Waals surface area contributed by atoms with E-state index in [1.54, 1.807) is 6.20 Å². The lowest BCUT2D eigenvalue weighted by Crippen LogP contribution is -2.07. The Morgan fingerprint density at radius 3 is 2.67 bits per heavy atom. The van der Waals surface area contributed by atoms with Crippen molar-refractivity contribution in [2.75, 3.05) is 11.9 Å². The van der Waals surface area contributed by atoms with Gasteiger partial charge < -0.3 is 5.32 Å². The smallest absolute Gasteiger partial charge is 0.140 e. The number of anilines is 1. The number of nitrogens with zero attached hydrogens (tertiary/aromatic N) is 1. The average molecular weight is 305 g/mol. The van der Waals surface area contributed by atoms with Crippen LogP contribution >= 0.6 is 15.9 Å². The first-order valence-electron chi connectivity index (χ1n) is 6.16. The normalized spacial score (nSPS) is 12.1. The fourth-order valence-electron chi connectivity index (χ4n) is 1.87. The van der Waals surface area contributed by atoms with Gasteiger partial charge in [-0.25, -0.2) is 4.98 Å². The molecule has 0 bridgehead atoms. The average Bonchev–Trinajstić information content (AvgIpc) is 2.42. The lowest BCUT2D eigenvalue weighted by molar-refractivity contribution is 0.704. The van der Waals surface area contributed by atoms with Crippen LogP contribution in [0.5, 0.6) is 0 Å². The molecule has 3 heteroatoms. The van der Waals surface area contributed by atoms with Gasteiger partial charge in [0.25, 0.3) is 0 Å². The fraction of sp³-hybridized carbons (Fsp3) is 0.267. The second kappa shape index (κ2) is 6.55. The molecule has 2 aromatic rings. The van der Waals surface area contributed by atoms with Crippen LogP contribution in [0.1, 0.15) is 24.8 Å². The Morgan fingerprint density at radius 1 is 1.17 bits per heavy atom. The van der Waals surface area contributed by atoms with Gasteiger partial charge in [-0.1, -0.05) is 37.3 Å². The van der Waals surface area contributed by atoms with E-state index in [4.69, 9.17) is 0 Å². The summed E-state index contributed by atoms with van der Waals surface area (Å²) in [7, 11) is 0. The Bertz CT molecular complexity index is 485. The number of benzene rings is 1. The molecule has 2 nitrogen and oxygen atoms in total. The first kappa shape index (κ1) is 13.1. The number of aromatic nitrogens is 1. The molecule has 1 aromatic carbocycles. The standard InChI is InChI=1S/C15H17BrN2/c1-12(13-6-3-2-4-7-13)9-11-18-15-14(16)8-5-10-17-15/h2-8,10,12H,9,11H2,1H3,(H,17,18). The van der Waals surface area contributed by atoms with Gasteiger partial charge in [0.05, 0.1) is 4.47 Å². The summed E-state index contributed by atoms with van der Waals surface area (Å²) < 4.78 is 1.01. The Morgan fingerprint density at radius 2 is 1.94 bits per heavy atom. The summed E-state index contributed by atoms with van der Waals surface area (Å²) in [5.74, 6) is 1.47. The number of rotatable bonds is 5. The first-order chi connectivity index (χ1) is 8.77. The maximum atomic E-state index is 4.29. The highest BCUT2D eigenvalue weighted by Gasteiger charge is 2.05. The molecule has 0 radical (unpaired) electrons. The number of pyridine rings is 1. The van der Waals surface area contributed by atoms with Crippen LogP contribution in [-0.4, -0.2) is 11.5 Å². The summed E-state index contributed by atoms with van der Waals surface area (Å²) >= 11 is 3.48. The van der Waals surface area contributed by atoms with Crippen molar-refractivity contribution >= 4 is 21.7 Å². The van der Waals surface area contributed by atoms with Crippen molar-refractivity contribution in [2.45, 2.75) is 19.3 Å². The maximum absolute atomic E-state index is 4.29. The molecular weight excluding hydrogens is 288 g/mol. The number of hydrogen-bond acceptors (Lipinski definition) is 2. The molecule has 0 aliphatic heterocycles. The van der Waals surface area contributed by atoms with Gasteiger partial charge in [0.15, 0.2) is 0 Å². The van der Waals surface area contributed by atoms with Crippen molar-refractivity contribution < 1.29 is 0 Å². The minimum atomic E-state index is 0.557. The van der Waals surface area contributed by atoms with Gasteiger partial charge in [0.1, 0.15) is 5.82 Å². The molecule has 0 spiro atoms. The molecule has 1 heterocycles. The van der Waals surface area contributed by atoms with E-state index in [1.807, 2.05) is 12.1 Å². The number of hydrogen-bond donors (Lipinski definition) is 1. The topological polar surface area (TPSA) is 24.9 Å². The predicted octanol–water partition coefficient (Wildman–Crippen LogP) is 4.45. The van der Waals surface area contributed by atoms with Gasteiger partial charge in [-0.3, -0.25) is 0 Å². The SMILES string of the molecule is CC(CCNc1ncccc1Br)c1ccccc1. The van der Waals surface area contributed by atoms with E-state index >= 15 is 0 Å². The molecule has 0 aliphatic rings.